The molecule has 0 aliphatic rings. The minimum absolute atomic E-state index is 0. The molecule has 22 heavy (non-hydrogen) atoms. The van der Waals surface area contributed by atoms with Gasteiger partial charge in [-0.15, -0.1) is 0 Å². The third-order valence-electron chi connectivity index (χ3n) is 4.08. The van der Waals surface area contributed by atoms with Gasteiger partial charge >= 0.3 is 0 Å². The van der Waals surface area contributed by atoms with Gasteiger partial charge in [0.05, 0.1) is 50.6 Å². The van der Waals surface area contributed by atoms with Crippen LogP contribution in [0, 0.1) is 0 Å². The van der Waals surface area contributed by atoms with E-state index in [1.54, 1.807) is 27.7 Å². The smallest absolute Gasteiger partial charge is 0.0811 e. The summed E-state index contributed by atoms with van der Waals surface area (Å²) in [7, 11) is 0. The van der Waals surface area contributed by atoms with E-state index < -0.39 is 0 Å². The van der Waals surface area contributed by atoms with Gasteiger partial charge in [-0.05, 0) is 27.7 Å². The van der Waals surface area contributed by atoms with Crippen molar-refractivity contribution in [2.45, 2.75) is 77.8 Å². The van der Waals surface area contributed by atoms with Crippen molar-refractivity contribution in [3.05, 3.63) is 0 Å². The number of aliphatic hydroxyl groups is 4. The van der Waals surface area contributed by atoms with Crippen molar-refractivity contribution in [1.29, 1.82) is 0 Å². The summed E-state index contributed by atoms with van der Waals surface area (Å²) in [4.78, 5) is 0. The summed E-state index contributed by atoms with van der Waals surface area (Å²) < 4.78 is 0.742. The van der Waals surface area contributed by atoms with Crippen molar-refractivity contribution < 1.29 is 37.3 Å². The predicted molar refractivity (Wildman–Crippen MR) is 84.9 cm³/mol. The van der Waals surface area contributed by atoms with Gasteiger partial charge in [0, 0.05) is 25.7 Å². The third kappa shape index (κ3) is 12.6. The van der Waals surface area contributed by atoms with E-state index in [9.17, 15) is 20.4 Å². The molecule has 0 aliphatic heterocycles. The Morgan fingerprint density at radius 3 is 0.864 bits per heavy atom. The Hall–Kier alpha value is 0.0900. The maximum atomic E-state index is 9.59. The molecule has 0 aromatic heterocycles. The van der Waals surface area contributed by atoms with E-state index in [-0.39, 0.29) is 36.8 Å². The van der Waals surface area contributed by atoms with Gasteiger partial charge in [-0.1, -0.05) is 0 Å². The highest BCUT2D eigenvalue weighted by molar-refractivity contribution is 4.58. The van der Waals surface area contributed by atoms with Gasteiger partial charge < -0.3 is 37.3 Å². The first kappa shape index (κ1) is 24.3. The standard InChI is InChI=1S/C16H36NO4.ClH/c1-13(18)5-9-17(10-6-14(2)19,11-7-15(3)20)12-8-16(4)21;/h13-16,18-21H,5-12H2,1-4H3;1H/q+1;/p-1. The summed E-state index contributed by atoms with van der Waals surface area (Å²) in [6, 6.07) is 0. The maximum absolute atomic E-state index is 9.59. The van der Waals surface area contributed by atoms with Crippen molar-refractivity contribution in [2.75, 3.05) is 26.2 Å². The molecule has 6 heteroatoms. The van der Waals surface area contributed by atoms with Gasteiger partial charge in [0.15, 0.2) is 0 Å². The molecule has 4 unspecified atom stereocenters. The summed E-state index contributed by atoms with van der Waals surface area (Å²) in [5.74, 6) is 0. The second-order valence-electron chi connectivity index (χ2n) is 6.79. The van der Waals surface area contributed by atoms with Gasteiger partial charge in [0.2, 0.25) is 0 Å². The van der Waals surface area contributed by atoms with Crippen LogP contribution in [0.2, 0.25) is 0 Å². The van der Waals surface area contributed by atoms with E-state index in [4.69, 9.17) is 0 Å². The molecule has 4 atom stereocenters. The normalized spacial score (nSPS) is 19.6. The SMILES string of the molecule is CC(O)CC[N+](CCC(C)O)(CCC(C)O)CCC(C)O.[Cl-]. The Kier molecular flexibility index (Phi) is 13.8. The van der Waals surface area contributed by atoms with Crippen molar-refractivity contribution in [1.82, 2.24) is 0 Å². The lowest BCUT2D eigenvalue weighted by molar-refractivity contribution is -0.930. The maximum Gasteiger partial charge on any atom is 0.0811 e. The molecule has 136 valence electrons. The van der Waals surface area contributed by atoms with E-state index in [0.29, 0.717) is 25.7 Å². The van der Waals surface area contributed by atoms with E-state index in [1.165, 1.54) is 0 Å². The molecule has 4 N–H and O–H groups in total. The number of aliphatic hydroxyl groups excluding tert-OH is 4. The van der Waals surface area contributed by atoms with Crippen LogP contribution >= 0.6 is 0 Å². The Morgan fingerprint density at radius 1 is 0.545 bits per heavy atom. The van der Waals surface area contributed by atoms with Crippen molar-refractivity contribution in [2.24, 2.45) is 0 Å². The van der Waals surface area contributed by atoms with Gasteiger partial charge in [0.25, 0.3) is 0 Å². The number of hydrogen-bond donors (Lipinski definition) is 4. The lowest BCUT2D eigenvalue weighted by atomic mass is 10.1. The molecule has 0 radical (unpaired) electrons. The quantitative estimate of drug-likeness (QED) is 0.306. The Bertz CT molecular complexity index is 207. The Morgan fingerprint density at radius 2 is 0.727 bits per heavy atom. The van der Waals surface area contributed by atoms with Gasteiger partial charge in [-0.2, -0.15) is 0 Å². The van der Waals surface area contributed by atoms with Crippen LogP contribution in [0.5, 0.6) is 0 Å². The third-order valence-corrected chi connectivity index (χ3v) is 4.08. The molecule has 0 aromatic carbocycles. The van der Waals surface area contributed by atoms with Crippen molar-refractivity contribution in [3.8, 4) is 0 Å². The van der Waals surface area contributed by atoms with Gasteiger partial charge in [0.1, 0.15) is 0 Å². The molecule has 0 amide bonds. The minimum Gasteiger partial charge on any atom is -1.00 e. The second-order valence-corrected chi connectivity index (χ2v) is 6.79. The topological polar surface area (TPSA) is 80.9 Å². The zero-order valence-electron chi connectivity index (χ0n) is 14.6. The first-order chi connectivity index (χ1) is 9.67. The fourth-order valence-electron chi connectivity index (χ4n) is 2.51. The second kappa shape index (κ2) is 12.5. The fraction of sp³-hybridized carbons (Fsp3) is 1.00. The molecule has 0 spiro atoms. The predicted octanol–water partition coefficient (Wildman–Crippen LogP) is -2.11. The summed E-state index contributed by atoms with van der Waals surface area (Å²) in [6.45, 7) is 10.4. The molecule has 5 nitrogen and oxygen atoms in total. The molecular formula is C16H36ClNO4. The number of nitrogens with zero attached hydrogens (tertiary/aromatic N) is 1. The summed E-state index contributed by atoms with van der Waals surface area (Å²) in [5, 5.41) is 38.4. The molecular weight excluding hydrogens is 306 g/mol. The molecule has 0 saturated heterocycles. The lowest BCUT2D eigenvalue weighted by Crippen LogP contribution is -3.00. The van der Waals surface area contributed by atoms with Crippen LogP contribution in [-0.4, -0.2) is 75.5 Å². The summed E-state index contributed by atoms with van der Waals surface area (Å²) >= 11 is 0. The molecule has 0 fully saturated rings. The first-order valence-electron chi connectivity index (χ1n) is 8.24. The van der Waals surface area contributed by atoms with Crippen LogP contribution in [0.25, 0.3) is 0 Å². The lowest BCUT2D eigenvalue weighted by Gasteiger charge is -2.40. The average Bonchev–Trinajstić information content (AvgIpc) is 2.36. The van der Waals surface area contributed by atoms with E-state index in [2.05, 4.69) is 0 Å². The van der Waals surface area contributed by atoms with Crippen molar-refractivity contribution in [3.63, 3.8) is 0 Å². The fourth-order valence-corrected chi connectivity index (χ4v) is 2.51. The van der Waals surface area contributed by atoms with E-state index in [0.717, 1.165) is 30.7 Å². The number of rotatable bonds is 12. The van der Waals surface area contributed by atoms with E-state index >= 15 is 0 Å². The van der Waals surface area contributed by atoms with Crippen LogP contribution < -0.4 is 12.4 Å². The monoisotopic (exact) mass is 341 g/mol. The highest BCUT2D eigenvalue weighted by Crippen LogP contribution is 2.17. The Labute approximate surface area is 142 Å². The minimum atomic E-state index is -0.354. The highest BCUT2D eigenvalue weighted by atomic mass is 35.5. The summed E-state index contributed by atoms with van der Waals surface area (Å²) in [6.07, 6.45) is 1.36. The van der Waals surface area contributed by atoms with E-state index in [1.807, 2.05) is 0 Å². The zero-order chi connectivity index (χ0) is 16.5. The van der Waals surface area contributed by atoms with Crippen LogP contribution in [0.15, 0.2) is 0 Å². The van der Waals surface area contributed by atoms with Crippen molar-refractivity contribution >= 4 is 0 Å². The molecule has 0 heterocycles. The zero-order valence-corrected chi connectivity index (χ0v) is 15.3. The van der Waals surface area contributed by atoms with Gasteiger partial charge in [-0.25, -0.2) is 0 Å². The number of quaternary nitrogens is 1. The molecule has 0 aliphatic carbocycles. The molecule has 0 rings (SSSR count). The largest absolute Gasteiger partial charge is 1.00 e. The average molecular weight is 342 g/mol. The van der Waals surface area contributed by atoms with Gasteiger partial charge in [-0.3, -0.25) is 0 Å². The molecule has 0 aromatic rings. The number of halogens is 1. The Balaban J connectivity index is 0. The highest BCUT2D eigenvalue weighted by Gasteiger charge is 2.28. The molecule has 0 saturated carbocycles. The van der Waals surface area contributed by atoms with Crippen LogP contribution in [0.1, 0.15) is 53.4 Å². The van der Waals surface area contributed by atoms with Crippen LogP contribution in [-0.2, 0) is 0 Å². The molecule has 0 bridgehead atoms. The van der Waals surface area contributed by atoms with Crippen LogP contribution in [0.3, 0.4) is 0 Å². The number of hydrogen-bond acceptors (Lipinski definition) is 4. The summed E-state index contributed by atoms with van der Waals surface area (Å²) in [5.41, 5.74) is 0. The first-order valence-corrected chi connectivity index (χ1v) is 8.24. The van der Waals surface area contributed by atoms with Crippen LogP contribution in [0.4, 0.5) is 0 Å².